The third-order valence-electron chi connectivity index (χ3n) is 18.1. The summed E-state index contributed by atoms with van der Waals surface area (Å²) in [6, 6.07) is 0. The summed E-state index contributed by atoms with van der Waals surface area (Å²) in [5.41, 5.74) is -1.11. The molecule has 22 heteroatoms. The minimum Gasteiger partial charge on any atom is -0.394 e. The van der Waals surface area contributed by atoms with Crippen molar-refractivity contribution in [2.24, 2.45) is 34.5 Å². The van der Waals surface area contributed by atoms with E-state index in [4.69, 9.17) is 42.6 Å². The summed E-state index contributed by atoms with van der Waals surface area (Å²) in [4.78, 5) is 0. The molecule has 0 spiro atoms. The highest BCUT2D eigenvalue weighted by atomic mass is 16.8. The van der Waals surface area contributed by atoms with E-state index >= 15 is 0 Å². The van der Waals surface area contributed by atoms with E-state index in [9.17, 15) is 66.4 Å². The Hall–Kier alpha value is -0.880. The van der Waals surface area contributed by atoms with E-state index in [1.165, 1.54) is 7.11 Å². The molecule has 4 saturated heterocycles. The van der Waals surface area contributed by atoms with Crippen LogP contribution in [0.2, 0.25) is 0 Å². The average Bonchev–Trinajstić information content (AvgIpc) is 3.60. The number of aliphatic hydroxyl groups excluding tert-OH is 12. The molecule has 0 unspecified atom stereocenters. The molecule has 0 radical (unpaired) electrons. The number of rotatable bonds is 13. The Morgan fingerprint density at radius 3 is 1.69 bits per heavy atom. The molecule has 0 aromatic heterocycles. The van der Waals surface area contributed by atoms with Gasteiger partial charge in [-0.15, -0.1) is 0 Å². The van der Waals surface area contributed by atoms with Gasteiger partial charge in [0.05, 0.1) is 43.7 Å². The second-order valence-electron chi connectivity index (χ2n) is 21.7. The van der Waals surface area contributed by atoms with Gasteiger partial charge in [0.15, 0.2) is 25.2 Å². The molecule has 0 amide bonds. The van der Waals surface area contributed by atoms with Crippen molar-refractivity contribution in [1.29, 1.82) is 0 Å². The molecule has 13 N–H and O–H groups in total. The van der Waals surface area contributed by atoms with E-state index in [1.54, 1.807) is 6.92 Å². The largest absolute Gasteiger partial charge is 0.394 e. The van der Waals surface area contributed by atoms with Crippen LogP contribution in [0.3, 0.4) is 0 Å². The predicted molar refractivity (Wildman–Crippen MR) is 228 cm³/mol. The fourth-order valence-electron chi connectivity index (χ4n) is 14.0. The maximum atomic E-state index is 12.4. The maximum Gasteiger partial charge on any atom is 0.187 e. The standard InChI is InChI=1S/C46H78O22/c1-18(48)22-10-13-46(59)24-7-6-20-14-21(8-11-44(20,3)23(24)9-12-45(22,46)4)64-43-37(58)39(60-5)38(19(2)63-43)68-42-36(57)33(54)30(51)27(67-42)17-62-41-35(56)32(53)29(50)26(66-41)16-61-40-34(55)31(52)28(49)25(15-47)65-40/h18-43,47-59H,6-17H2,1-5H3/t18-,19+,20+,21-,22+,23-,24+,25+,26+,27+,28+,29+,30+,31-,32-,33-,34+,35+,36+,37+,38+,39+,40+,41+,42-,43-,44-,45+,46-/m0/s1. The molecule has 4 aliphatic carbocycles. The van der Waals surface area contributed by atoms with Crippen molar-refractivity contribution >= 4 is 0 Å². The minimum atomic E-state index is -1.87. The van der Waals surface area contributed by atoms with Gasteiger partial charge in [-0.25, -0.2) is 0 Å². The molecular formula is C46H78O22. The maximum absolute atomic E-state index is 12.4. The van der Waals surface area contributed by atoms with Crippen LogP contribution in [0.25, 0.3) is 0 Å². The minimum absolute atomic E-state index is 0.00243. The van der Waals surface area contributed by atoms with E-state index in [0.29, 0.717) is 11.8 Å². The van der Waals surface area contributed by atoms with Crippen LogP contribution < -0.4 is 0 Å². The molecule has 68 heavy (non-hydrogen) atoms. The first-order valence-electron chi connectivity index (χ1n) is 24.6. The zero-order valence-corrected chi connectivity index (χ0v) is 39.5. The third kappa shape index (κ3) is 9.36. The zero-order chi connectivity index (χ0) is 49.4. The van der Waals surface area contributed by atoms with Crippen molar-refractivity contribution in [2.45, 2.75) is 226 Å². The van der Waals surface area contributed by atoms with E-state index in [1.807, 2.05) is 6.92 Å². The summed E-state index contributed by atoms with van der Waals surface area (Å²) in [6.45, 7) is 6.12. The van der Waals surface area contributed by atoms with Crippen molar-refractivity contribution in [3.63, 3.8) is 0 Å². The molecule has 394 valence electrons. The lowest BCUT2D eigenvalue weighted by atomic mass is 9.43. The molecule has 8 aliphatic rings. The Balaban J connectivity index is 0.853. The predicted octanol–water partition coefficient (Wildman–Crippen LogP) is -3.52. The molecule has 0 aromatic rings. The smallest absolute Gasteiger partial charge is 0.187 e. The number of hydrogen-bond donors (Lipinski definition) is 13. The number of methoxy groups -OCH3 is 1. The molecule has 8 fully saturated rings. The SMILES string of the molecule is CO[C@@H]1[C@@H](O)[C@H](O[C@H]2CC[C@@]3(C)[C@H](CC[C@@H]4[C@@H]3CC[C@]3(C)[C@@H]([C@H](C)O)CC[C@]43O)C2)O[C@H](C)[C@H]1O[C@@H]1O[C@H](CO[C@@H]2O[C@H](CO[C@@H]3O[C@H](CO)[C@@H](O)[C@H](O)[C@H]3O)[C@@H](O)[C@H](O)[C@H]2O)[C@@H](O)[C@H](O)[C@H]1O. The van der Waals surface area contributed by atoms with Gasteiger partial charge in [-0.05, 0) is 101 Å². The highest BCUT2D eigenvalue weighted by molar-refractivity contribution is 5.17. The topological polar surface area (TPSA) is 346 Å². The normalized spacial score (nSPS) is 55.8. The zero-order valence-electron chi connectivity index (χ0n) is 39.5. The first kappa shape index (κ1) is 53.4. The molecule has 29 atom stereocenters. The van der Waals surface area contributed by atoms with Gasteiger partial charge in [0.1, 0.15) is 91.6 Å². The summed E-state index contributed by atoms with van der Waals surface area (Å²) >= 11 is 0. The highest BCUT2D eigenvalue weighted by Gasteiger charge is 2.68. The molecular weight excluding hydrogens is 904 g/mol. The van der Waals surface area contributed by atoms with Crippen molar-refractivity contribution in [3.05, 3.63) is 0 Å². The Morgan fingerprint density at radius 1 is 0.574 bits per heavy atom. The first-order chi connectivity index (χ1) is 32.1. The van der Waals surface area contributed by atoms with Crippen LogP contribution in [0.1, 0.15) is 85.5 Å². The summed E-state index contributed by atoms with van der Waals surface area (Å²) in [5, 5.41) is 140. The van der Waals surface area contributed by atoms with Gasteiger partial charge in [0.25, 0.3) is 0 Å². The number of ether oxygens (including phenoxy) is 9. The molecule has 0 bridgehead atoms. The van der Waals surface area contributed by atoms with Crippen LogP contribution in [-0.2, 0) is 42.6 Å². The summed E-state index contributed by atoms with van der Waals surface area (Å²) < 4.78 is 52.7. The Morgan fingerprint density at radius 2 is 1.12 bits per heavy atom. The van der Waals surface area contributed by atoms with E-state index in [0.717, 1.165) is 57.8 Å². The van der Waals surface area contributed by atoms with Crippen LogP contribution >= 0.6 is 0 Å². The van der Waals surface area contributed by atoms with Crippen molar-refractivity contribution in [1.82, 2.24) is 0 Å². The van der Waals surface area contributed by atoms with Crippen molar-refractivity contribution in [2.75, 3.05) is 26.9 Å². The lowest BCUT2D eigenvalue weighted by Gasteiger charge is -2.64. The first-order valence-corrected chi connectivity index (χ1v) is 24.6. The molecule has 4 saturated carbocycles. The quantitative estimate of drug-likeness (QED) is 0.0796. The van der Waals surface area contributed by atoms with Gasteiger partial charge in [-0.3, -0.25) is 0 Å². The lowest BCUT2D eigenvalue weighted by molar-refractivity contribution is -0.368. The van der Waals surface area contributed by atoms with E-state index < -0.39 is 154 Å². The fourth-order valence-corrected chi connectivity index (χ4v) is 14.0. The van der Waals surface area contributed by atoms with Crippen molar-refractivity contribution < 1.29 is 109 Å². The highest BCUT2D eigenvalue weighted by Crippen LogP contribution is 2.69. The number of aliphatic hydroxyl groups is 13. The Labute approximate surface area is 395 Å². The molecule has 8 rings (SSSR count). The van der Waals surface area contributed by atoms with Gasteiger partial charge in [-0.1, -0.05) is 13.8 Å². The second-order valence-corrected chi connectivity index (χ2v) is 21.7. The van der Waals surface area contributed by atoms with Gasteiger partial charge in [0, 0.05) is 12.5 Å². The van der Waals surface area contributed by atoms with Crippen LogP contribution in [0.5, 0.6) is 0 Å². The fraction of sp³-hybridized carbons (Fsp3) is 1.00. The second kappa shape index (κ2) is 20.8. The average molecular weight is 983 g/mol. The van der Waals surface area contributed by atoms with Gasteiger partial charge < -0.3 is 109 Å². The van der Waals surface area contributed by atoms with E-state index in [-0.39, 0.29) is 28.8 Å². The Kier molecular flexibility index (Phi) is 16.3. The van der Waals surface area contributed by atoms with Crippen molar-refractivity contribution in [3.8, 4) is 0 Å². The number of hydrogen-bond acceptors (Lipinski definition) is 22. The van der Waals surface area contributed by atoms with Crippen LogP contribution in [0.4, 0.5) is 0 Å². The van der Waals surface area contributed by atoms with Gasteiger partial charge in [0.2, 0.25) is 0 Å². The summed E-state index contributed by atoms with van der Waals surface area (Å²) in [6.07, 6.45) is -23.7. The Bertz CT molecular complexity index is 1670. The van der Waals surface area contributed by atoms with Crippen LogP contribution in [0, 0.1) is 34.5 Å². The molecule has 0 aromatic carbocycles. The van der Waals surface area contributed by atoms with E-state index in [2.05, 4.69) is 13.8 Å². The summed E-state index contributed by atoms with van der Waals surface area (Å²) in [7, 11) is 1.37. The molecule has 4 heterocycles. The molecule has 22 nitrogen and oxygen atoms in total. The van der Waals surface area contributed by atoms with Gasteiger partial charge >= 0.3 is 0 Å². The monoisotopic (exact) mass is 982 g/mol. The lowest BCUT2D eigenvalue weighted by Crippen LogP contribution is -2.65. The van der Waals surface area contributed by atoms with Crippen LogP contribution in [-0.4, -0.2) is 234 Å². The van der Waals surface area contributed by atoms with Gasteiger partial charge in [-0.2, -0.15) is 0 Å². The number of fused-ring (bicyclic) bond motifs is 5. The third-order valence-corrected chi connectivity index (χ3v) is 18.1. The summed E-state index contributed by atoms with van der Waals surface area (Å²) in [5.74, 6) is 0.947. The molecule has 4 aliphatic heterocycles. The van der Waals surface area contributed by atoms with Crippen LogP contribution in [0.15, 0.2) is 0 Å².